The van der Waals surface area contributed by atoms with Crippen LogP contribution in [0.5, 0.6) is 5.75 Å². The van der Waals surface area contributed by atoms with Gasteiger partial charge in [-0.2, -0.15) is 0 Å². The van der Waals surface area contributed by atoms with E-state index < -0.39 is 11.7 Å². The predicted molar refractivity (Wildman–Crippen MR) is 61.0 cm³/mol. The molecule has 1 aromatic carbocycles. The predicted octanol–water partition coefficient (Wildman–Crippen LogP) is -3.65. The van der Waals surface area contributed by atoms with Gasteiger partial charge in [0.2, 0.25) is 0 Å². The maximum absolute atomic E-state index is 11.3. The lowest BCUT2D eigenvalue weighted by atomic mass is 9.66. The number of carbonyl (C=O) groups is 1. The lowest BCUT2D eigenvalue weighted by molar-refractivity contribution is 0.0604. The largest absolute Gasteiger partial charge is 0.509 e. The highest BCUT2D eigenvalue weighted by molar-refractivity contribution is 6.60. The molecule has 0 heterocycles. The van der Waals surface area contributed by atoms with Crippen LogP contribution >= 0.6 is 0 Å². The molecule has 1 rings (SSSR count). The summed E-state index contributed by atoms with van der Waals surface area (Å²) in [7, 11) is 23.0. The number of phenols is 1. The van der Waals surface area contributed by atoms with Crippen molar-refractivity contribution in [2.24, 2.45) is 0 Å². The van der Waals surface area contributed by atoms with Crippen molar-refractivity contribution in [3.63, 3.8) is 0 Å². The molecule has 0 bridgehead atoms. The van der Waals surface area contributed by atoms with E-state index >= 15 is 0 Å². The molecule has 0 aromatic heterocycles. The van der Waals surface area contributed by atoms with Gasteiger partial charge >= 0.3 is 5.97 Å². The van der Waals surface area contributed by atoms with Gasteiger partial charge in [0, 0.05) is 5.56 Å². The first-order valence-corrected chi connectivity index (χ1v) is 3.94. The minimum atomic E-state index is -0.761. The fourth-order valence-electron chi connectivity index (χ4n) is 1.14. The molecule has 0 amide bonds. The van der Waals surface area contributed by atoms with Gasteiger partial charge in [0.25, 0.3) is 0 Å². The van der Waals surface area contributed by atoms with Gasteiger partial charge in [0.1, 0.15) is 31.4 Å². The zero-order valence-electron chi connectivity index (χ0n) is 8.07. The number of carbonyl (C=O) groups excluding carboxylic acids is 1. The zero-order valence-corrected chi connectivity index (χ0v) is 8.07. The fourth-order valence-corrected chi connectivity index (χ4v) is 1.14. The third kappa shape index (κ3) is 1.78. The molecule has 1 N–H and O–H groups in total. The number of benzene rings is 1. The maximum atomic E-state index is 11.3. The summed E-state index contributed by atoms with van der Waals surface area (Å²) < 4.78 is 4.46. The average Bonchev–Trinajstić information content (AvgIpc) is 2.23. The van der Waals surface area contributed by atoms with Crippen LogP contribution < -0.4 is 21.9 Å². The first kappa shape index (κ1) is 11.8. The Bertz CT molecular complexity index is 401. The molecule has 0 fully saturated rings. The molecule has 7 heteroatoms. The first-order chi connectivity index (χ1) is 6.91. The van der Waals surface area contributed by atoms with Gasteiger partial charge in [-0.15, -0.1) is 0 Å². The molecule has 8 radical (unpaired) electrons. The zero-order chi connectivity index (χ0) is 11.7. The van der Waals surface area contributed by atoms with Gasteiger partial charge in [-0.3, -0.25) is 0 Å². The van der Waals surface area contributed by atoms with Crippen molar-refractivity contribution in [1.82, 2.24) is 0 Å². The molecule has 0 saturated heterocycles. The SMILES string of the molecule is [B]c1c([B])c(C(=O)OC)c([B])c([B])c1O. The Morgan fingerprint density at radius 1 is 1.07 bits per heavy atom. The number of rotatable bonds is 1. The lowest BCUT2D eigenvalue weighted by Crippen LogP contribution is -2.46. The summed E-state index contributed by atoms with van der Waals surface area (Å²) in [5.41, 5.74) is -0.813. The van der Waals surface area contributed by atoms with Crippen molar-refractivity contribution < 1.29 is 14.6 Å². The first-order valence-electron chi connectivity index (χ1n) is 3.94. The highest BCUT2D eigenvalue weighted by Crippen LogP contribution is 1.98. The van der Waals surface area contributed by atoms with Gasteiger partial charge in [-0.25, -0.2) is 4.79 Å². The van der Waals surface area contributed by atoms with Crippen LogP contribution in [0.4, 0.5) is 0 Å². The Labute approximate surface area is 92.8 Å². The molecule has 0 spiro atoms. The summed E-state index contributed by atoms with van der Waals surface area (Å²) in [4.78, 5) is 11.3. The van der Waals surface area contributed by atoms with Crippen LogP contribution in [0.1, 0.15) is 10.4 Å². The molecular weight excluding hydrogens is 187 g/mol. The van der Waals surface area contributed by atoms with Crippen LogP contribution in [0, 0.1) is 0 Å². The molecule has 15 heavy (non-hydrogen) atoms. The van der Waals surface area contributed by atoms with Crippen molar-refractivity contribution in [3.05, 3.63) is 5.56 Å². The van der Waals surface area contributed by atoms with E-state index in [0.29, 0.717) is 0 Å². The van der Waals surface area contributed by atoms with E-state index in [1.54, 1.807) is 0 Å². The number of hydrogen-bond donors (Lipinski definition) is 1. The van der Waals surface area contributed by atoms with E-state index in [0.717, 1.165) is 0 Å². The number of esters is 1. The smallest absolute Gasteiger partial charge is 0.336 e. The van der Waals surface area contributed by atoms with Crippen molar-refractivity contribution in [2.45, 2.75) is 0 Å². The van der Waals surface area contributed by atoms with Crippen LogP contribution in [0.15, 0.2) is 0 Å². The highest BCUT2D eigenvalue weighted by Gasteiger charge is 2.17. The quantitative estimate of drug-likeness (QED) is 0.368. The fraction of sp³-hybridized carbons (Fsp3) is 0.125. The second kappa shape index (κ2) is 4.09. The number of methoxy groups -OCH3 is 1. The lowest BCUT2D eigenvalue weighted by Gasteiger charge is -2.17. The van der Waals surface area contributed by atoms with Crippen LogP contribution in [0.2, 0.25) is 0 Å². The molecule has 0 atom stereocenters. The van der Waals surface area contributed by atoms with E-state index in [4.69, 9.17) is 31.4 Å². The minimum Gasteiger partial charge on any atom is -0.509 e. The molecular formula is C8H4B4O3. The molecule has 0 unspecified atom stereocenters. The van der Waals surface area contributed by atoms with E-state index in [1.165, 1.54) is 7.11 Å². The normalized spacial score (nSPS) is 9.93. The Balaban J connectivity index is 3.60. The highest BCUT2D eigenvalue weighted by atomic mass is 16.5. The van der Waals surface area contributed by atoms with E-state index in [1.807, 2.05) is 0 Å². The summed E-state index contributed by atoms with van der Waals surface area (Å²) in [6.45, 7) is 0. The number of phenolic OH excluding ortho intramolecular Hbond substituents is 1. The van der Waals surface area contributed by atoms with E-state index in [-0.39, 0.29) is 27.4 Å². The van der Waals surface area contributed by atoms with Gasteiger partial charge < -0.3 is 9.84 Å². The second-order valence-electron chi connectivity index (χ2n) is 2.87. The molecule has 0 saturated carbocycles. The van der Waals surface area contributed by atoms with Crippen LogP contribution in [0.3, 0.4) is 0 Å². The van der Waals surface area contributed by atoms with Gasteiger partial charge in [0.15, 0.2) is 0 Å². The minimum absolute atomic E-state index is 0.134. The van der Waals surface area contributed by atoms with E-state index in [2.05, 4.69) is 4.74 Å². The van der Waals surface area contributed by atoms with Crippen LogP contribution in [-0.4, -0.2) is 49.6 Å². The summed E-state index contributed by atoms with van der Waals surface area (Å²) in [6.07, 6.45) is 0. The Kier molecular flexibility index (Phi) is 3.22. The van der Waals surface area contributed by atoms with Crippen LogP contribution in [-0.2, 0) is 4.74 Å². The second-order valence-corrected chi connectivity index (χ2v) is 2.87. The van der Waals surface area contributed by atoms with Crippen molar-refractivity contribution in [1.29, 1.82) is 0 Å². The summed E-state index contributed by atoms with van der Waals surface area (Å²) >= 11 is 0. The molecule has 0 aliphatic heterocycles. The van der Waals surface area contributed by atoms with Crippen molar-refractivity contribution in [3.8, 4) is 5.75 Å². The van der Waals surface area contributed by atoms with Gasteiger partial charge in [-0.05, 0) is 0 Å². The molecule has 66 valence electrons. The van der Waals surface area contributed by atoms with Gasteiger partial charge in [0.05, 0.1) is 12.9 Å². The molecule has 1 aromatic rings. The Morgan fingerprint density at radius 2 is 1.47 bits per heavy atom. The Hall–Kier alpha value is -1.25. The van der Waals surface area contributed by atoms with E-state index in [9.17, 15) is 9.90 Å². The van der Waals surface area contributed by atoms with Gasteiger partial charge in [-0.1, -0.05) is 21.9 Å². The number of hydrogen-bond acceptors (Lipinski definition) is 3. The summed E-state index contributed by atoms with van der Waals surface area (Å²) in [5, 5.41) is 9.38. The summed E-state index contributed by atoms with van der Waals surface area (Å²) in [6, 6.07) is 0. The maximum Gasteiger partial charge on any atom is 0.336 e. The molecule has 0 aliphatic rings. The number of ether oxygens (including phenoxy) is 1. The monoisotopic (exact) mass is 192 g/mol. The standard InChI is InChI=1S/C8H4B4O3/c1-15-8(14)2-3(9)5(11)7(13)6(12)4(2)10/h13H,1H3. The number of aromatic hydroxyl groups is 1. The Morgan fingerprint density at radius 3 is 1.80 bits per heavy atom. The van der Waals surface area contributed by atoms with Crippen molar-refractivity contribution in [2.75, 3.05) is 7.11 Å². The third-order valence-electron chi connectivity index (χ3n) is 2.02. The van der Waals surface area contributed by atoms with Crippen molar-refractivity contribution >= 4 is 59.2 Å². The summed E-state index contributed by atoms with van der Waals surface area (Å²) in [5.74, 6) is -1.19. The van der Waals surface area contributed by atoms with Crippen LogP contribution in [0.25, 0.3) is 0 Å². The third-order valence-corrected chi connectivity index (χ3v) is 2.02. The molecule has 3 nitrogen and oxygen atoms in total. The molecule has 0 aliphatic carbocycles. The average molecular weight is 191 g/mol. The topological polar surface area (TPSA) is 46.5 Å².